The third kappa shape index (κ3) is 3.97. The van der Waals surface area contributed by atoms with Crippen molar-refractivity contribution in [2.75, 3.05) is 13.1 Å². The van der Waals surface area contributed by atoms with Crippen molar-refractivity contribution in [2.24, 2.45) is 0 Å². The van der Waals surface area contributed by atoms with Crippen LogP contribution < -0.4 is 0 Å². The number of rotatable bonds is 1. The van der Waals surface area contributed by atoms with Crippen LogP contribution in [0.5, 0.6) is 0 Å². The highest BCUT2D eigenvalue weighted by Gasteiger charge is 2.53. The molecule has 0 aromatic heterocycles. The first-order valence-electron chi connectivity index (χ1n) is 7.63. The average Bonchev–Trinajstić information content (AvgIpc) is 2.56. The van der Waals surface area contributed by atoms with Crippen molar-refractivity contribution in [1.29, 1.82) is 0 Å². The van der Waals surface area contributed by atoms with E-state index in [2.05, 4.69) is 22.6 Å². The van der Waals surface area contributed by atoms with Crippen LogP contribution in [0.15, 0.2) is 11.5 Å². The number of nitrogens with zero attached hydrogens (tertiary/aromatic N) is 1. The predicted octanol–water partition coefficient (Wildman–Crippen LogP) is 3.56. The number of hydrogen-bond donors (Lipinski definition) is 0. The van der Waals surface area contributed by atoms with Crippen LogP contribution in [0.3, 0.4) is 0 Å². The molecule has 0 radical (unpaired) electrons. The average molecular weight is 421 g/mol. The fraction of sp³-hybridized carbons (Fsp3) is 0.800. The number of halogens is 1. The van der Waals surface area contributed by atoms with E-state index in [0.717, 1.165) is 11.9 Å². The van der Waals surface area contributed by atoms with Gasteiger partial charge in [-0.15, -0.1) is 0 Å². The van der Waals surface area contributed by atoms with Gasteiger partial charge in [-0.05, 0) is 76.0 Å². The summed E-state index contributed by atoms with van der Waals surface area (Å²) in [5, 5.41) is 0. The maximum absolute atomic E-state index is 12.1. The molecule has 2 rings (SSSR count). The maximum atomic E-state index is 12.1. The summed E-state index contributed by atoms with van der Waals surface area (Å²) in [5.74, 6) is 0. The van der Waals surface area contributed by atoms with Gasteiger partial charge in [-0.1, -0.05) is 6.08 Å². The van der Waals surface area contributed by atoms with Crippen LogP contribution in [0.2, 0.25) is 0 Å². The van der Waals surface area contributed by atoms with Crippen molar-refractivity contribution < 1.29 is 18.8 Å². The molecule has 0 spiro atoms. The van der Waals surface area contributed by atoms with E-state index in [0.29, 0.717) is 13.1 Å². The van der Waals surface area contributed by atoms with Crippen LogP contribution in [0.1, 0.15) is 48.0 Å². The summed E-state index contributed by atoms with van der Waals surface area (Å²) in [6, 6.07) is 0. The van der Waals surface area contributed by atoms with Crippen LogP contribution in [0, 0.1) is 0 Å². The van der Waals surface area contributed by atoms with E-state index < -0.39 is 5.60 Å². The van der Waals surface area contributed by atoms with E-state index >= 15 is 0 Å². The van der Waals surface area contributed by atoms with Gasteiger partial charge in [0.25, 0.3) is 0 Å². The molecule has 0 aliphatic carbocycles. The molecule has 2 aliphatic rings. The SMILES string of the molecule is CC(C)(C)OC(=O)N1CC=C(B2OC(C)(C)C(C)(I)O2)CC1. The van der Waals surface area contributed by atoms with E-state index in [1.165, 1.54) is 0 Å². The monoisotopic (exact) mass is 421 g/mol. The Labute approximate surface area is 147 Å². The quantitative estimate of drug-likeness (QED) is 0.369. The van der Waals surface area contributed by atoms with Gasteiger partial charge in [0, 0.05) is 13.1 Å². The molecule has 2 aliphatic heterocycles. The molecule has 1 saturated heterocycles. The molecule has 22 heavy (non-hydrogen) atoms. The van der Waals surface area contributed by atoms with Crippen LogP contribution in [0.25, 0.3) is 0 Å². The highest BCUT2D eigenvalue weighted by molar-refractivity contribution is 14.1. The van der Waals surface area contributed by atoms with Crippen molar-refractivity contribution in [3.8, 4) is 0 Å². The Morgan fingerprint density at radius 1 is 1.36 bits per heavy atom. The Kier molecular flexibility index (Phi) is 4.91. The van der Waals surface area contributed by atoms with Gasteiger partial charge in [-0.3, -0.25) is 0 Å². The summed E-state index contributed by atoms with van der Waals surface area (Å²) < 4.78 is 17.1. The van der Waals surface area contributed by atoms with E-state index in [1.54, 1.807) is 4.90 Å². The third-order valence-electron chi connectivity index (χ3n) is 4.00. The van der Waals surface area contributed by atoms with Crippen molar-refractivity contribution in [3.63, 3.8) is 0 Å². The van der Waals surface area contributed by atoms with E-state index in [4.69, 9.17) is 14.0 Å². The molecule has 0 N–H and O–H groups in total. The Bertz CT molecular complexity index is 468. The number of hydrogen-bond acceptors (Lipinski definition) is 4. The highest BCUT2D eigenvalue weighted by Crippen LogP contribution is 2.44. The molecule has 1 fully saturated rings. The van der Waals surface area contributed by atoms with Crippen molar-refractivity contribution in [1.82, 2.24) is 4.90 Å². The van der Waals surface area contributed by atoms with E-state index in [9.17, 15) is 4.79 Å². The van der Waals surface area contributed by atoms with Gasteiger partial charge in [-0.2, -0.15) is 0 Å². The highest BCUT2D eigenvalue weighted by atomic mass is 127. The van der Waals surface area contributed by atoms with Crippen LogP contribution in [-0.4, -0.2) is 46.0 Å². The smallest absolute Gasteiger partial charge is 0.444 e. The van der Waals surface area contributed by atoms with Gasteiger partial charge in [0.2, 0.25) is 0 Å². The zero-order valence-electron chi connectivity index (χ0n) is 14.2. The second-order valence-corrected chi connectivity index (χ2v) is 9.51. The Morgan fingerprint density at radius 3 is 2.41 bits per heavy atom. The minimum atomic E-state index is -0.466. The molecule has 1 unspecified atom stereocenters. The first-order chi connectivity index (χ1) is 9.91. The molecule has 5 nitrogen and oxygen atoms in total. The summed E-state index contributed by atoms with van der Waals surface area (Å²) in [5.41, 5.74) is 0.293. The van der Waals surface area contributed by atoms with Crippen molar-refractivity contribution in [3.05, 3.63) is 11.5 Å². The van der Waals surface area contributed by atoms with E-state index in [1.807, 2.05) is 47.6 Å². The van der Waals surface area contributed by atoms with Gasteiger partial charge in [-0.25, -0.2) is 4.79 Å². The molecule has 7 heteroatoms. The van der Waals surface area contributed by atoms with Crippen LogP contribution in [-0.2, 0) is 14.0 Å². The first kappa shape index (κ1) is 18.1. The minimum Gasteiger partial charge on any atom is -0.444 e. The minimum absolute atomic E-state index is 0.268. The maximum Gasteiger partial charge on any atom is 0.490 e. The van der Waals surface area contributed by atoms with Crippen LogP contribution in [0.4, 0.5) is 4.79 Å². The molecular formula is C15H25BINO4. The lowest BCUT2D eigenvalue weighted by Crippen LogP contribution is -2.40. The number of ether oxygens (including phenoxy) is 1. The fourth-order valence-electron chi connectivity index (χ4n) is 2.28. The normalized spacial score (nSPS) is 28.6. The lowest BCUT2D eigenvalue weighted by Gasteiger charge is -2.30. The predicted molar refractivity (Wildman–Crippen MR) is 94.9 cm³/mol. The number of alkyl halides is 1. The first-order valence-corrected chi connectivity index (χ1v) is 8.70. The molecule has 1 amide bonds. The molecule has 2 heterocycles. The summed E-state index contributed by atoms with van der Waals surface area (Å²) >= 11 is 2.29. The fourth-order valence-corrected chi connectivity index (χ4v) is 2.64. The molecule has 0 saturated carbocycles. The van der Waals surface area contributed by atoms with Crippen molar-refractivity contribution >= 4 is 35.8 Å². The van der Waals surface area contributed by atoms with Crippen molar-refractivity contribution in [2.45, 2.75) is 62.8 Å². The Balaban J connectivity index is 1.97. The molecule has 124 valence electrons. The largest absolute Gasteiger partial charge is 0.490 e. The van der Waals surface area contributed by atoms with Gasteiger partial charge in [0.05, 0.1) is 5.60 Å². The van der Waals surface area contributed by atoms with Gasteiger partial charge in [0.15, 0.2) is 0 Å². The number of amides is 1. The summed E-state index contributed by atoms with van der Waals surface area (Å²) in [6.07, 6.45) is 2.49. The summed E-state index contributed by atoms with van der Waals surface area (Å²) in [4.78, 5) is 13.8. The Morgan fingerprint density at radius 2 is 2.00 bits per heavy atom. The second kappa shape index (κ2) is 5.98. The Hall–Kier alpha value is -0.275. The molecule has 0 aromatic carbocycles. The lowest BCUT2D eigenvalue weighted by atomic mass is 9.75. The topological polar surface area (TPSA) is 48.0 Å². The third-order valence-corrected chi connectivity index (χ3v) is 5.56. The lowest BCUT2D eigenvalue weighted by molar-refractivity contribution is 0.0266. The van der Waals surface area contributed by atoms with Crippen LogP contribution >= 0.6 is 22.6 Å². The zero-order chi connectivity index (χ0) is 16.8. The standard InChI is InChI=1S/C15H25BINO4/c1-13(2,3)20-12(19)18-9-7-11(8-10-18)16-21-14(4,5)15(6,17)22-16/h7H,8-10H2,1-6H3. The zero-order valence-corrected chi connectivity index (χ0v) is 16.4. The van der Waals surface area contributed by atoms with Gasteiger partial charge < -0.3 is 18.9 Å². The molecular weight excluding hydrogens is 396 g/mol. The summed E-state index contributed by atoms with van der Waals surface area (Å²) in [6.45, 7) is 12.9. The summed E-state index contributed by atoms with van der Waals surface area (Å²) in [7, 11) is -0.322. The van der Waals surface area contributed by atoms with E-state index in [-0.39, 0.29) is 22.4 Å². The molecule has 0 bridgehead atoms. The number of carbonyl (C=O) groups excluding carboxylic acids is 1. The molecule has 1 atom stereocenters. The molecule has 0 aromatic rings. The second-order valence-electron chi connectivity index (χ2n) is 7.45. The number of carbonyl (C=O) groups is 1. The van der Waals surface area contributed by atoms with Gasteiger partial charge >= 0.3 is 13.2 Å². The van der Waals surface area contributed by atoms with Gasteiger partial charge in [0.1, 0.15) is 9.21 Å².